The zero-order valence-corrected chi connectivity index (χ0v) is 11.4. The molecule has 1 rings (SSSR count). The Morgan fingerprint density at radius 2 is 2.29 bits per heavy atom. The Balaban J connectivity index is 2.72. The third-order valence-electron chi connectivity index (χ3n) is 2.95. The normalized spacial score (nSPS) is 26.5. The first-order chi connectivity index (χ1) is 8.08. The van der Waals surface area contributed by atoms with E-state index >= 15 is 0 Å². The van der Waals surface area contributed by atoms with Gasteiger partial charge in [-0.3, -0.25) is 10.4 Å². The molecule has 3 N–H and O–H groups in total. The van der Waals surface area contributed by atoms with Crippen molar-refractivity contribution in [1.29, 1.82) is 0 Å². The van der Waals surface area contributed by atoms with Gasteiger partial charge in [-0.25, -0.2) is 5.84 Å². The molecule has 0 spiro atoms. The molecule has 2 unspecified atom stereocenters. The summed E-state index contributed by atoms with van der Waals surface area (Å²) in [6, 6.07) is 0.369. The van der Waals surface area contributed by atoms with Crippen LogP contribution in [0.25, 0.3) is 0 Å². The van der Waals surface area contributed by atoms with E-state index in [1.165, 1.54) is 0 Å². The van der Waals surface area contributed by atoms with Crippen molar-refractivity contribution in [3.05, 3.63) is 0 Å². The van der Waals surface area contributed by atoms with Crippen molar-refractivity contribution in [2.75, 3.05) is 19.7 Å². The summed E-state index contributed by atoms with van der Waals surface area (Å²) in [7, 11) is 0. The lowest BCUT2D eigenvalue weighted by molar-refractivity contribution is -0.0297. The molecule has 0 aromatic rings. The molecule has 0 aliphatic carbocycles. The molecule has 0 aromatic carbocycles. The van der Waals surface area contributed by atoms with E-state index in [2.05, 4.69) is 43.0 Å². The molecule has 1 heterocycles. The van der Waals surface area contributed by atoms with E-state index < -0.39 is 0 Å². The minimum atomic E-state index is 0.232. The van der Waals surface area contributed by atoms with Crippen LogP contribution in [0.1, 0.15) is 34.1 Å². The lowest BCUT2D eigenvalue weighted by atomic mass is 10.1. The van der Waals surface area contributed by atoms with Gasteiger partial charge in [0, 0.05) is 13.1 Å². The Bertz CT molecular complexity index is 255. The number of aliphatic imine (C=N–C) groups is 1. The largest absolute Gasteiger partial charge is 0.375 e. The summed E-state index contributed by atoms with van der Waals surface area (Å²) < 4.78 is 5.67. The van der Waals surface area contributed by atoms with Crippen molar-refractivity contribution >= 4 is 5.96 Å². The van der Waals surface area contributed by atoms with E-state index in [1.807, 2.05) is 0 Å². The van der Waals surface area contributed by atoms with Crippen LogP contribution in [0.5, 0.6) is 0 Å². The number of hydrogen-bond acceptors (Lipinski definition) is 3. The maximum Gasteiger partial charge on any atom is 0.208 e. The average Bonchev–Trinajstić information content (AvgIpc) is 2.30. The maximum absolute atomic E-state index is 5.67. The van der Waals surface area contributed by atoms with E-state index in [-0.39, 0.29) is 6.10 Å². The van der Waals surface area contributed by atoms with Crippen molar-refractivity contribution in [3.63, 3.8) is 0 Å². The Morgan fingerprint density at radius 3 is 2.82 bits per heavy atom. The van der Waals surface area contributed by atoms with Crippen LogP contribution in [0.15, 0.2) is 4.99 Å². The zero-order valence-electron chi connectivity index (χ0n) is 11.4. The quantitative estimate of drug-likeness (QED) is 0.335. The Kier molecular flexibility index (Phi) is 5.71. The molecule has 2 atom stereocenters. The van der Waals surface area contributed by atoms with Gasteiger partial charge in [-0.2, -0.15) is 0 Å². The summed E-state index contributed by atoms with van der Waals surface area (Å²) in [4.78, 5) is 6.78. The molecule has 0 radical (unpaired) electrons. The Morgan fingerprint density at radius 1 is 1.59 bits per heavy atom. The van der Waals surface area contributed by atoms with E-state index in [1.54, 1.807) is 0 Å². The number of guanidine groups is 1. The molecule has 1 saturated heterocycles. The van der Waals surface area contributed by atoms with Gasteiger partial charge < -0.3 is 9.64 Å². The number of morpholine rings is 1. The molecule has 5 heteroatoms. The third-order valence-corrected chi connectivity index (χ3v) is 2.95. The molecule has 1 fully saturated rings. The molecular formula is C12H26N4O. The summed E-state index contributed by atoms with van der Waals surface area (Å²) in [5.74, 6) is 6.92. The molecule has 0 saturated carbocycles. The molecule has 1 aliphatic rings. The van der Waals surface area contributed by atoms with Crippen molar-refractivity contribution in [2.24, 2.45) is 16.8 Å². The van der Waals surface area contributed by atoms with Gasteiger partial charge in [0.2, 0.25) is 5.96 Å². The fraction of sp³-hybridized carbons (Fsp3) is 0.917. The molecule has 1 aliphatic heterocycles. The molecule has 0 bridgehead atoms. The van der Waals surface area contributed by atoms with Crippen LogP contribution in [-0.4, -0.2) is 42.7 Å². The van der Waals surface area contributed by atoms with Gasteiger partial charge in [0.05, 0.1) is 18.8 Å². The van der Waals surface area contributed by atoms with Crippen LogP contribution in [-0.2, 0) is 4.74 Å². The van der Waals surface area contributed by atoms with Gasteiger partial charge >= 0.3 is 0 Å². The first kappa shape index (κ1) is 14.3. The second-order valence-electron chi connectivity index (χ2n) is 5.06. The second-order valence-corrected chi connectivity index (χ2v) is 5.06. The molecule has 17 heavy (non-hydrogen) atoms. The standard InChI is InChI=1S/C12H26N4O/c1-5-11-8-17-10(4)7-16(11)12(15-13)14-6-9(2)3/h9-11H,5-8,13H2,1-4H3,(H,14,15). The van der Waals surface area contributed by atoms with Gasteiger partial charge in [-0.05, 0) is 19.3 Å². The predicted octanol–water partition coefficient (Wildman–Crippen LogP) is 0.961. The molecule has 0 amide bonds. The third kappa shape index (κ3) is 4.16. The number of hydrazine groups is 1. The van der Waals surface area contributed by atoms with Crippen molar-refractivity contribution < 1.29 is 4.74 Å². The van der Waals surface area contributed by atoms with Crippen LogP contribution in [0.2, 0.25) is 0 Å². The van der Waals surface area contributed by atoms with Gasteiger partial charge in [0.15, 0.2) is 0 Å². The highest BCUT2D eigenvalue weighted by Gasteiger charge is 2.27. The average molecular weight is 242 g/mol. The number of ether oxygens (including phenoxy) is 1. The predicted molar refractivity (Wildman–Crippen MR) is 70.7 cm³/mol. The van der Waals surface area contributed by atoms with Crippen LogP contribution < -0.4 is 11.3 Å². The van der Waals surface area contributed by atoms with Crippen LogP contribution in [0, 0.1) is 5.92 Å². The lowest BCUT2D eigenvalue weighted by Gasteiger charge is -2.39. The fourth-order valence-corrected chi connectivity index (χ4v) is 1.93. The smallest absolute Gasteiger partial charge is 0.208 e. The number of nitrogens with one attached hydrogen (secondary N) is 1. The topological polar surface area (TPSA) is 62.9 Å². The Hall–Kier alpha value is -0.810. The van der Waals surface area contributed by atoms with E-state index in [0.717, 1.165) is 32.1 Å². The van der Waals surface area contributed by atoms with Crippen LogP contribution in [0.3, 0.4) is 0 Å². The number of nitrogens with zero attached hydrogens (tertiary/aromatic N) is 2. The molecule has 0 aromatic heterocycles. The van der Waals surface area contributed by atoms with Gasteiger partial charge in [-0.1, -0.05) is 20.8 Å². The van der Waals surface area contributed by atoms with Crippen LogP contribution in [0.4, 0.5) is 0 Å². The van der Waals surface area contributed by atoms with E-state index in [0.29, 0.717) is 12.0 Å². The molecule has 100 valence electrons. The first-order valence-electron chi connectivity index (χ1n) is 6.47. The summed E-state index contributed by atoms with van der Waals surface area (Å²) in [5, 5.41) is 0. The minimum absolute atomic E-state index is 0.232. The summed E-state index contributed by atoms with van der Waals surface area (Å²) in [5.41, 5.74) is 2.73. The van der Waals surface area contributed by atoms with Gasteiger partial charge in [-0.15, -0.1) is 0 Å². The minimum Gasteiger partial charge on any atom is -0.375 e. The van der Waals surface area contributed by atoms with E-state index in [4.69, 9.17) is 10.6 Å². The zero-order chi connectivity index (χ0) is 12.8. The summed E-state index contributed by atoms with van der Waals surface area (Å²) in [6.45, 7) is 10.9. The first-order valence-corrected chi connectivity index (χ1v) is 6.47. The van der Waals surface area contributed by atoms with Gasteiger partial charge in [0.1, 0.15) is 0 Å². The van der Waals surface area contributed by atoms with Crippen molar-refractivity contribution in [2.45, 2.75) is 46.3 Å². The van der Waals surface area contributed by atoms with Crippen molar-refractivity contribution in [1.82, 2.24) is 10.3 Å². The number of rotatable bonds is 3. The second kappa shape index (κ2) is 6.81. The van der Waals surface area contributed by atoms with Crippen LogP contribution >= 0.6 is 0 Å². The SMILES string of the molecule is CCC1COC(C)CN1C(=NCC(C)C)NN. The summed E-state index contributed by atoms with van der Waals surface area (Å²) >= 11 is 0. The Labute approximate surface area is 104 Å². The highest BCUT2D eigenvalue weighted by molar-refractivity contribution is 5.79. The highest BCUT2D eigenvalue weighted by atomic mass is 16.5. The molecular weight excluding hydrogens is 216 g/mol. The van der Waals surface area contributed by atoms with E-state index in [9.17, 15) is 0 Å². The molecule has 5 nitrogen and oxygen atoms in total. The fourth-order valence-electron chi connectivity index (χ4n) is 1.93. The van der Waals surface area contributed by atoms with Crippen molar-refractivity contribution in [3.8, 4) is 0 Å². The maximum atomic E-state index is 5.67. The number of hydrogen-bond donors (Lipinski definition) is 2. The van der Waals surface area contributed by atoms with Gasteiger partial charge in [0.25, 0.3) is 0 Å². The monoisotopic (exact) mass is 242 g/mol. The highest BCUT2D eigenvalue weighted by Crippen LogP contribution is 2.14. The lowest BCUT2D eigenvalue weighted by Crippen LogP contribution is -2.56. The number of nitrogens with two attached hydrogens (primary N) is 1. The summed E-state index contributed by atoms with van der Waals surface area (Å²) in [6.07, 6.45) is 1.27.